The largest absolute Gasteiger partial charge is 0.493 e. The van der Waals surface area contributed by atoms with Crippen LogP contribution in [-0.2, 0) is 16.3 Å². The normalized spacial score (nSPS) is 27.5. The molecular formula is C16H23NO3S. The van der Waals surface area contributed by atoms with Crippen LogP contribution in [0.5, 0.6) is 5.75 Å². The molecule has 2 aliphatic rings. The van der Waals surface area contributed by atoms with E-state index >= 15 is 0 Å². The van der Waals surface area contributed by atoms with Crippen molar-refractivity contribution in [1.82, 2.24) is 0 Å². The Morgan fingerprint density at radius 1 is 1.33 bits per heavy atom. The lowest BCUT2D eigenvalue weighted by molar-refractivity contribution is 0.166. The number of fused-ring (bicyclic) bond motifs is 1. The van der Waals surface area contributed by atoms with Crippen molar-refractivity contribution in [3.8, 4) is 5.75 Å². The zero-order valence-electron chi connectivity index (χ0n) is 12.5. The quantitative estimate of drug-likeness (QED) is 0.932. The maximum absolute atomic E-state index is 11.8. The molecule has 0 spiro atoms. The maximum Gasteiger partial charge on any atom is 0.150 e. The van der Waals surface area contributed by atoms with Crippen LogP contribution in [0.15, 0.2) is 18.2 Å². The molecule has 1 aromatic rings. The van der Waals surface area contributed by atoms with Gasteiger partial charge in [0.2, 0.25) is 0 Å². The van der Waals surface area contributed by atoms with Gasteiger partial charge in [-0.05, 0) is 37.8 Å². The van der Waals surface area contributed by atoms with Crippen LogP contribution < -0.4 is 10.1 Å². The zero-order valence-corrected chi connectivity index (χ0v) is 13.3. The molecule has 4 nitrogen and oxygen atoms in total. The molecule has 0 aromatic heterocycles. The van der Waals surface area contributed by atoms with Crippen molar-refractivity contribution >= 4 is 15.5 Å². The number of hydrogen-bond acceptors (Lipinski definition) is 4. The molecule has 0 aliphatic carbocycles. The molecule has 3 rings (SSSR count). The van der Waals surface area contributed by atoms with Crippen molar-refractivity contribution in [1.29, 1.82) is 0 Å². The fourth-order valence-electron chi connectivity index (χ4n) is 3.37. The Morgan fingerprint density at radius 2 is 2.19 bits per heavy atom. The molecule has 1 aromatic carbocycles. The molecule has 21 heavy (non-hydrogen) atoms. The summed E-state index contributed by atoms with van der Waals surface area (Å²) in [7, 11) is -2.90. The molecule has 1 fully saturated rings. The van der Waals surface area contributed by atoms with Gasteiger partial charge in [0.25, 0.3) is 0 Å². The summed E-state index contributed by atoms with van der Waals surface area (Å²) in [5, 5.41) is 3.39. The molecule has 2 heterocycles. The van der Waals surface area contributed by atoms with Crippen LogP contribution in [0.3, 0.4) is 0 Å². The van der Waals surface area contributed by atoms with Gasteiger partial charge >= 0.3 is 0 Å². The second-order valence-electron chi connectivity index (χ2n) is 6.61. The summed E-state index contributed by atoms with van der Waals surface area (Å²) >= 11 is 0. The minimum Gasteiger partial charge on any atom is -0.493 e. The van der Waals surface area contributed by atoms with Crippen molar-refractivity contribution in [3.05, 3.63) is 23.8 Å². The average molecular weight is 309 g/mol. The standard InChI is InChI=1S/C16H23NO3S/c1-16(8-4-10-21(18,19)12-16)11-20-15-7-2-6-14-13(15)5-3-9-17-14/h2,6-7,17H,3-5,8-12H2,1H3. The van der Waals surface area contributed by atoms with Gasteiger partial charge in [-0.15, -0.1) is 0 Å². The van der Waals surface area contributed by atoms with E-state index in [0.29, 0.717) is 12.4 Å². The van der Waals surface area contributed by atoms with Crippen molar-refractivity contribution in [2.24, 2.45) is 5.41 Å². The number of nitrogens with one attached hydrogen (secondary N) is 1. The number of rotatable bonds is 3. The minimum absolute atomic E-state index is 0.243. The highest BCUT2D eigenvalue weighted by Crippen LogP contribution is 2.35. The van der Waals surface area contributed by atoms with Crippen LogP contribution in [0.1, 0.15) is 31.7 Å². The number of ether oxygens (including phenoxy) is 1. The lowest BCUT2D eigenvalue weighted by Crippen LogP contribution is -2.38. The Hall–Kier alpha value is -1.23. The fraction of sp³-hybridized carbons (Fsp3) is 0.625. The zero-order chi connectivity index (χ0) is 14.9. The lowest BCUT2D eigenvalue weighted by Gasteiger charge is -2.33. The smallest absolute Gasteiger partial charge is 0.150 e. The van der Waals surface area contributed by atoms with Gasteiger partial charge in [-0.1, -0.05) is 13.0 Å². The van der Waals surface area contributed by atoms with Gasteiger partial charge < -0.3 is 10.1 Å². The number of hydrogen-bond donors (Lipinski definition) is 1. The third-order valence-electron chi connectivity index (χ3n) is 4.43. The Labute approximate surface area is 126 Å². The lowest BCUT2D eigenvalue weighted by atomic mass is 9.88. The van der Waals surface area contributed by atoms with E-state index in [1.807, 2.05) is 19.1 Å². The first-order chi connectivity index (χ1) is 9.98. The van der Waals surface area contributed by atoms with E-state index in [1.165, 1.54) is 5.56 Å². The molecule has 116 valence electrons. The first-order valence-corrected chi connectivity index (χ1v) is 9.49. The summed E-state index contributed by atoms with van der Waals surface area (Å²) in [6.45, 7) is 3.51. The van der Waals surface area contributed by atoms with E-state index in [4.69, 9.17) is 4.74 Å². The third-order valence-corrected chi connectivity index (χ3v) is 6.48. The Morgan fingerprint density at radius 3 is 3.00 bits per heavy atom. The van der Waals surface area contributed by atoms with Gasteiger partial charge in [0.15, 0.2) is 9.84 Å². The molecule has 1 unspecified atom stereocenters. The Balaban J connectivity index is 1.73. The molecule has 0 bridgehead atoms. The summed E-state index contributed by atoms with van der Waals surface area (Å²) in [5.74, 6) is 1.48. The number of anilines is 1. The van der Waals surface area contributed by atoms with Crippen LogP contribution >= 0.6 is 0 Å². The van der Waals surface area contributed by atoms with E-state index in [9.17, 15) is 8.42 Å². The van der Waals surface area contributed by atoms with Crippen LogP contribution in [0, 0.1) is 5.41 Å². The number of sulfone groups is 1. The fourth-order valence-corrected chi connectivity index (χ4v) is 5.39. The maximum atomic E-state index is 11.8. The molecule has 0 amide bonds. The SMILES string of the molecule is CC1(COc2cccc3c2CCCN3)CCCS(=O)(=O)C1. The van der Waals surface area contributed by atoms with Crippen molar-refractivity contribution < 1.29 is 13.2 Å². The van der Waals surface area contributed by atoms with Crippen LogP contribution in [0.2, 0.25) is 0 Å². The van der Waals surface area contributed by atoms with E-state index in [1.54, 1.807) is 0 Å². The van der Waals surface area contributed by atoms with Crippen molar-refractivity contribution in [3.63, 3.8) is 0 Å². The molecule has 0 saturated carbocycles. The van der Waals surface area contributed by atoms with Gasteiger partial charge in [-0.25, -0.2) is 8.42 Å². The van der Waals surface area contributed by atoms with Gasteiger partial charge in [0.1, 0.15) is 5.75 Å². The van der Waals surface area contributed by atoms with Crippen LogP contribution in [-0.4, -0.2) is 33.1 Å². The van der Waals surface area contributed by atoms with E-state index in [0.717, 1.165) is 43.7 Å². The Bertz CT molecular complexity index is 626. The van der Waals surface area contributed by atoms with E-state index in [-0.39, 0.29) is 11.2 Å². The highest BCUT2D eigenvalue weighted by Gasteiger charge is 2.36. The second-order valence-corrected chi connectivity index (χ2v) is 8.79. The summed E-state index contributed by atoms with van der Waals surface area (Å²) < 4.78 is 29.7. The van der Waals surface area contributed by atoms with Crippen LogP contribution in [0.4, 0.5) is 5.69 Å². The summed E-state index contributed by atoms with van der Waals surface area (Å²) in [6.07, 6.45) is 3.79. The highest BCUT2D eigenvalue weighted by molar-refractivity contribution is 7.91. The molecule has 5 heteroatoms. The summed E-state index contributed by atoms with van der Waals surface area (Å²) in [6, 6.07) is 6.06. The highest BCUT2D eigenvalue weighted by atomic mass is 32.2. The van der Waals surface area contributed by atoms with Gasteiger partial charge in [-0.3, -0.25) is 0 Å². The molecule has 0 radical (unpaired) electrons. The van der Waals surface area contributed by atoms with Crippen molar-refractivity contribution in [2.45, 2.75) is 32.6 Å². The summed E-state index contributed by atoms with van der Waals surface area (Å²) in [4.78, 5) is 0. The Kier molecular flexibility index (Phi) is 3.86. The van der Waals surface area contributed by atoms with Gasteiger partial charge in [-0.2, -0.15) is 0 Å². The topological polar surface area (TPSA) is 55.4 Å². The first-order valence-electron chi connectivity index (χ1n) is 7.67. The van der Waals surface area contributed by atoms with E-state index < -0.39 is 9.84 Å². The molecule has 2 aliphatic heterocycles. The first kappa shape index (κ1) is 14.7. The molecule has 1 saturated heterocycles. The molecule has 1 atom stereocenters. The van der Waals surface area contributed by atoms with E-state index in [2.05, 4.69) is 11.4 Å². The van der Waals surface area contributed by atoms with Gasteiger partial charge in [0.05, 0.1) is 18.1 Å². The number of benzene rings is 1. The van der Waals surface area contributed by atoms with Crippen molar-refractivity contribution in [2.75, 3.05) is 30.0 Å². The predicted molar refractivity (Wildman–Crippen MR) is 84.7 cm³/mol. The second kappa shape index (κ2) is 5.52. The van der Waals surface area contributed by atoms with Crippen LogP contribution in [0.25, 0.3) is 0 Å². The average Bonchev–Trinajstić information content (AvgIpc) is 2.44. The monoisotopic (exact) mass is 309 g/mol. The van der Waals surface area contributed by atoms with Gasteiger partial charge in [0, 0.05) is 23.2 Å². The minimum atomic E-state index is -2.90. The third kappa shape index (κ3) is 3.34. The predicted octanol–water partition coefficient (Wildman–Crippen LogP) is 2.64. The molecule has 1 N–H and O–H groups in total. The molecular weight excluding hydrogens is 286 g/mol. The summed E-state index contributed by atoms with van der Waals surface area (Å²) in [5.41, 5.74) is 2.12.